The van der Waals surface area contributed by atoms with E-state index in [4.69, 9.17) is 46.4 Å². The fraction of sp³-hybridized carbons (Fsp3) is 0.118. The Morgan fingerprint density at radius 2 is 1.93 bits per heavy atom. The highest BCUT2D eigenvalue weighted by Crippen LogP contribution is 2.34. The largest absolute Gasteiger partial charge is 0.374 e. The molecule has 7 nitrogen and oxygen atoms in total. The van der Waals surface area contributed by atoms with Crippen molar-refractivity contribution in [2.45, 2.75) is 6.23 Å². The van der Waals surface area contributed by atoms with Gasteiger partial charge in [-0.15, -0.1) is 0 Å². The molecule has 0 saturated carbocycles. The highest BCUT2D eigenvalue weighted by Gasteiger charge is 2.22. The highest BCUT2D eigenvalue weighted by molar-refractivity contribution is 6.37. The van der Waals surface area contributed by atoms with Gasteiger partial charge in [-0.2, -0.15) is 5.10 Å². The number of rotatable bonds is 5. The van der Waals surface area contributed by atoms with Gasteiger partial charge in [-0.05, 0) is 31.3 Å². The van der Waals surface area contributed by atoms with Gasteiger partial charge in [-0.1, -0.05) is 46.4 Å². The van der Waals surface area contributed by atoms with Crippen molar-refractivity contribution in [2.75, 3.05) is 12.4 Å². The fourth-order valence-corrected chi connectivity index (χ4v) is 3.42. The summed E-state index contributed by atoms with van der Waals surface area (Å²) < 4.78 is 1.22. The molecule has 1 amide bonds. The van der Waals surface area contributed by atoms with E-state index in [1.54, 1.807) is 19.2 Å². The number of aromatic nitrogens is 3. The quantitative estimate of drug-likeness (QED) is 0.492. The predicted octanol–water partition coefficient (Wildman–Crippen LogP) is 4.34. The Labute approximate surface area is 180 Å². The third kappa shape index (κ3) is 4.25. The molecule has 146 valence electrons. The molecular formula is C17H13Cl4N5O2. The Morgan fingerprint density at radius 1 is 1.18 bits per heavy atom. The van der Waals surface area contributed by atoms with E-state index >= 15 is 0 Å². The van der Waals surface area contributed by atoms with E-state index in [1.165, 1.54) is 29.1 Å². The molecule has 3 aromatic rings. The lowest BCUT2D eigenvalue weighted by atomic mass is 10.1. The standard InChI is InChI=1S/C17H13Cl4N5O2/c1-22-16(27)9-5-8(18)6-11(20)14(9)24-17(28)12-7-13(21)25-26(12)15-10(19)3-2-4-23-15/h2-7,16,22,27H,1H3,(H,24,28). The number of benzene rings is 1. The zero-order chi connectivity index (χ0) is 20.4. The average Bonchev–Trinajstić information content (AvgIpc) is 3.05. The number of amides is 1. The van der Waals surface area contributed by atoms with Crippen LogP contribution in [0.4, 0.5) is 5.69 Å². The highest BCUT2D eigenvalue weighted by atomic mass is 35.5. The third-order valence-corrected chi connectivity index (χ3v) is 4.74. The van der Waals surface area contributed by atoms with Crippen molar-refractivity contribution in [2.24, 2.45) is 0 Å². The monoisotopic (exact) mass is 459 g/mol. The number of nitrogens with zero attached hydrogens (tertiary/aromatic N) is 3. The average molecular weight is 461 g/mol. The second-order valence-electron chi connectivity index (χ2n) is 5.57. The van der Waals surface area contributed by atoms with Gasteiger partial charge in [0.25, 0.3) is 5.91 Å². The summed E-state index contributed by atoms with van der Waals surface area (Å²) in [5, 5.41) is 20.4. The first-order chi connectivity index (χ1) is 13.3. The van der Waals surface area contributed by atoms with Crippen LogP contribution < -0.4 is 10.6 Å². The first-order valence-electron chi connectivity index (χ1n) is 7.84. The predicted molar refractivity (Wildman–Crippen MR) is 110 cm³/mol. The number of carbonyl (C=O) groups is 1. The number of aliphatic hydroxyl groups is 1. The molecule has 1 atom stereocenters. The molecule has 3 N–H and O–H groups in total. The zero-order valence-corrected chi connectivity index (χ0v) is 17.3. The summed E-state index contributed by atoms with van der Waals surface area (Å²) in [5.74, 6) is -0.353. The van der Waals surface area contributed by atoms with Crippen LogP contribution in [-0.4, -0.2) is 32.8 Å². The van der Waals surface area contributed by atoms with Crippen molar-refractivity contribution in [3.63, 3.8) is 0 Å². The number of hydrogen-bond donors (Lipinski definition) is 3. The first kappa shape index (κ1) is 20.9. The molecule has 2 heterocycles. The summed E-state index contributed by atoms with van der Waals surface area (Å²) in [6.45, 7) is 0. The number of nitrogens with one attached hydrogen (secondary N) is 2. The molecule has 0 aliphatic rings. The smallest absolute Gasteiger partial charge is 0.274 e. The molecule has 0 bridgehead atoms. The van der Waals surface area contributed by atoms with Gasteiger partial charge in [-0.3, -0.25) is 10.1 Å². The van der Waals surface area contributed by atoms with E-state index in [1.807, 2.05) is 0 Å². The third-order valence-electron chi connectivity index (χ3n) is 3.74. The van der Waals surface area contributed by atoms with Gasteiger partial charge in [0.05, 0.1) is 15.7 Å². The van der Waals surface area contributed by atoms with Gasteiger partial charge in [0, 0.05) is 22.8 Å². The normalized spacial score (nSPS) is 12.1. The van der Waals surface area contributed by atoms with Gasteiger partial charge < -0.3 is 10.4 Å². The number of pyridine rings is 1. The van der Waals surface area contributed by atoms with E-state index < -0.39 is 12.1 Å². The maximum atomic E-state index is 12.9. The summed E-state index contributed by atoms with van der Waals surface area (Å²) in [4.78, 5) is 17.1. The Bertz CT molecular complexity index is 1040. The van der Waals surface area contributed by atoms with Crippen LogP contribution in [0.2, 0.25) is 20.2 Å². The van der Waals surface area contributed by atoms with Crippen molar-refractivity contribution in [3.8, 4) is 5.82 Å². The van der Waals surface area contributed by atoms with Gasteiger partial charge in [0.1, 0.15) is 11.9 Å². The van der Waals surface area contributed by atoms with Crippen LogP contribution in [0.1, 0.15) is 22.3 Å². The van der Waals surface area contributed by atoms with Crippen molar-refractivity contribution in [1.82, 2.24) is 20.1 Å². The maximum Gasteiger partial charge on any atom is 0.274 e. The summed E-state index contributed by atoms with van der Waals surface area (Å²) in [7, 11) is 1.54. The molecule has 0 aliphatic carbocycles. The molecule has 1 unspecified atom stereocenters. The van der Waals surface area contributed by atoms with Crippen LogP contribution >= 0.6 is 46.4 Å². The van der Waals surface area contributed by atoms with Crippen molar-refractivity contribution >= 4 is 58.0 Å². The Morgan fingerprint density at radius 3 is 2.61 bits per heavy atom. The molecular weight excluding hydrogens is 448 g/mol. The van der Waals surface area contributed by atoms with E-state index in [2.05, 4.69) is 20.7 Å². The van der Waals surface area contributed by atoms with Crippen molar-refractivity contribution in [3.05, 3.63) is 68.0 Å². The Kier molecular flexibility index (Phi) is 6.44. The number of carbonyl (C=O) groups excluding carboxylic acids is 1. The van der Waals surface area contributed by atoms with E-state index in [9.17, 15) is 9.90 Å². The number of aliphatic hydroxyl groups excluding tert-OH is 1. The van der Waals surface area contributed by atoms with Gasteiger partial charge in [-0.25, -0.2) is 9.67 Å². The first-order valence-corrected chi connectivity index (χ1v) is 9.35. The minimum atomic E-state index is -1.11. The van der Waals surface area contributed by atoms with Crippen LogP contribution in [0.15, 0.2) is 36.5 Å². The van der Waals surface area contributed by atoms with Crippen molar-refractivity contribution < 1.29 is 9.90 Å². The lowest BCUT2D eigenvalue weighted by Gasteiger charge is -2.18. The van der Waals surface area contributed by atoms with Crippen LogP contribution in [0.3, 0.4) is 0 Å². The van der Waals surface area contributed by atoms with E-state index in [0.29, 0.717) is 10.6 Å². The fourth-order valence-electron chi connectivity index (χ4n) is 2.48. The van der Waals surface area contributed by atoms with Gasteiger partial charge in [0.15, 0.2) is 11.0 Å². The van der Waals surface area contributed by atoms with Gasteiger partial charge >= 0.3 is 0 Å². The molecule has 0 saturated heterocycles. The minimum absolute atomic E-state index is 0.0708. The van der Waals surface area contributed by atoms with Crippen LogP contribution in [-0.2, 0) is 0 Å². The van der Waals surface area contributed by atoms with E-state index in [-0.39, 0.29) is 32.4 Å². The zero-order valence-electron chi connectivity index (χ0n) is 14.3. The van der Waals surface area contributed by atoms with Gasteiger partial charge in [0.2, 0.25) is 0 Å². The molecule has 1 aromatic carbocycles. The Balaban J connectivity index is 2.03. The topological polar surface area (TPSA) is 92.1 Å². The number of hydrogen-bond acceptors (Lipinski definition) is 5. The molecule has 11 heteroatoms. The Hall–Kier alpha value is -1.87. The van der Waals surface area contributed by atoms with Crippen LogP contribution in [0.5, 0.6) is 0 Å². The summed E-state index contributed by atoms with van der Waals surface area (Å²) in [6.07, 6.45) is 0.404. The molecule has 0 aliphatic heterocycles. The molecule has 0 spiro atoms. The number of anilines is 1. The second kappa shape index (κ2) is 8.65. The SMILES string of the molecule is CNC(O)c1cc(Cl)cc(Cl)c1NC(=O)c1cc(Cl)nn1-c1ncccc1Cl. The lowest BCUT2D eigenvalue weighted by Crippen LogP contribution is -2.22. The van der Waals surface area contributed by atoms with Crippen LogP contribution in [0, 0.1) is 0 Å². The lowest BCUT2D eigenvalue weighted by molar-refractivity contribution is 0.101. The second-order valence-corrected chi connectivity index (χ2v) is 7.21. The molecule has 0 radical (unpaired) electrons. The maximum absolute atomic E-state index is 12.9. The molecule has 3 rings (SSSR count). The summed E-state index contributed by atoms with van der Waals surface area (Å²) in [5.41, 5.74) is 0.553. The summed E-state index contributed by atoms with van der Waals surface area (Å²) in [6, 6.07) is 7.56. The molecule has 0 fully saturated rings. The summed E-state index contributed by atoms with van der Waals surface area (Å²) >= 11 is 24.4. The molecule has 2 aromatic heterocycles. The van der Waals surface area contributed by atoms with Crippen LogP contribution in [0.25, 0.3) is 5.82 Å². The van der Waals surface area contributed by atoms with Crippen molar-refractivity contribution in [1.29, 1.82) is 0 Å². The number of halogens is 4. The molecule has 28 heavy (non-hydrogen) atoms. The van der Waals surface area contributed by atoms with E-state index in [0.717, 1.165) is 0 Å². The minimum Gasteiger partial charge on any atom is -0.374 e.